The van der Waals surface area contributed by atoms with Crippen LogP contribution in [0.2, 0.25) is 0 Å². The molecule has 1 aromatic rings. The summed E-state index contributed by atoms with van der Waals surface area (Å²) in [5.74, 6) is 0. The number of rotatable bonds is 2. The Labute approximate surface area is 69.3 Å². The molecule has 1 aromatic heterocycles. The van der Waals surface area contributed by atoms with Crippen molar-refractivity contribution in [3.8, 4) is 0 Å². The number of nitrogens with zero attached hydrogens (tertiary/aromatic N) is 2. The summed E-state index contributed by atoms with van der Waals surface area (Å²) in [7, 11) is 0. The van der Waals surface area contributed by atoms with E-state index in [9.17, 15) is 0 Å². The Morgan fingerprint density at radius 2 is 2.27 bits per heavy atom. The third kappa shape index (κ3) is 1.94. The molecule has 1 heterocycles. The standard InChI is InChI=1S/C7H9N3S/c1-3-4-6(8)7-10-9-5(2)11-7/h3-4,8H,1-2H3/b4-3-,8-6?. The molecule has 0 atom stereocenters. The fourth-order valence-electron chi connectivity index (χ4n) is 0.643. The Morgan fingerprint density at radius 3 is 2.73 bits per heavy atom. The van der Waals surface area contributed by atoms with E-state index in [4.69, 9.17) is 5.41 Å². The van der Waals surface area contributed by atoms with Crippen molar-refractivity contribution in [1.82, 2.24) is 10.2 Å². The summed E-state index contributed by atoms with van der Waals surface area (Å²) in [4.78, 5) is 0. The van der Waals surface area contributed by atoms with Crippen molar-refractivity contribution in [3.05, 3.63) is 22.2 Å². The summed E-state index contributed by atoms with van der Waals surface area (Å²) >= 11 is 1.44. The van der Waals surface area contributed by atoms with Crippen LogP contribution in [0.5, 0.6) is 0 Å². The molecule has 0 aliphatic rings. The summed E-state index contributed by atoms with van der Waals surface area (Å²) in [6.07, 6.45) is 3.53. The van der Waals surface area contributed by atoms with Crippen molar-refractivity contribution in [1.29, 1.82) is 5.41 Å². The van der Waals surface area contributed by atoms with Gasteiger partial charge in [-0.25, -0.2) is 0 Å². The molecule has 58 valence electrons. The predicted molar refractivity (Wildman–Crippen MR) is 46.3 cm³/mol. The quantitative estimate of drug-likeness (QED) is 0.683. The molecule has 0 aliphatic heterocycles. The van der Waals surface area contributed by atoms with Crippen LogP contribution in [-0.2, 0) is 0 Å². The highest BCUT2D eigenvalue weighted by molar-refractivity contribution is 7.13. The van der Waals surface area contributed by atoms with Gasteiger partial charge in [0.25, 0.3) is 0 Å². The fraction of sp³-hybridized carbons (Fsp3) is 0.286. The van der Waals surface area contributed by atoms with Gasteiger partial charge in [-0.1, -0.05) is 17.4 Å². The highest BCUT2D eigenvalue weighted by atomic mass is 32.1. The van der Waals surface area contributed by atoms with Crippen LogP contribution in [0.1, 0.15) is 16.9 Å². The highest BCUT2D eigenvalue weighted by Crippen LogP contribution is 2.08. The summed E-state index contributed by atoms with van der Waals surface area (Å²) in [6, 6.07) is 0. The minimum atomic E-state index is 0.429. The van der Waals surface area contributed by atoms with Gasteiger partial charge in [-0.2, -0.15) is 0 Å². The Kier molecular flexibility index (Phi) is 2.48. The second-order valence-electron chi connectivity index (χ2n) is 2.04. The SMILES string of the molecule is C/C=C\C(=N)c1nnc(C)s1. The minimum absolute atomic E-state index is 0.429. The lowest BCUT2D eigenvalue weighted by molar-refractivity contribution is 1.04. The average molecular weight is 167 g/mol. The molecule has 11 heavy (non-hydrogen) atoms. The third-order valence-corrected chi connectivity index (χ3v) is 1.96. The van der Waals surface area contributed by atoms with Crippen LogP contribution in [0.15, 0.2) is 12.2 Å². The van der Waals surface area contributed by atoms with Crippen LogP contribution in [0, 0.1) is 12.3 Å². The van der Waals surface area contributed by atoms with E-state index in [1.807, 2.05) is 19.9 Å². The van der Waals surface area contributed by atoms with E-state index < -0.39 is 0 Å². The smallest absolute Gasteiger partial charge is 0.165 e. The molecule has 1 rings (SSSR count). The van der Waals surface area contributed by atoms with E-state index in [1.54, 1.807) is 6.08 Å². The molecule has 0 bridgehead atoms. The van der Waals surface area contributed by atoms with Crippen LogP contribution in [0.4, 0.5) is 0 Å². The zero-order valence-electron chi connectivity index (χ0n) is 6.46. The van der Waals surface area contributed by atoms with Crippen LogP contribution >= 0.6 is 11.3 Å². The predicted octanol–water partition coefficient (Wildman–Crippen LogP) is 1.79. The first kappa shape index (κ1) is 8.07. The van der Waals surface area contributed by atoms with E-state index >= 15 is 0 Å². The van der Waals surface area contributed by atoms with Crippen molar-refractivity contribution in [2.24, 2.45) is 0 Å². The average Bonchev–Trinajstić information content (AvgIpc) is 2.36. The molecular formula is C7H9N3S. The molecule has 0 saturated carbocycles. The van der Waals surface area contributed by atoms with Crippen LogP contribution in [-0.4, -0.2) is 15.9 Å². The van der Waals surface area contributed by atoms with Gasteiger partial charge in [0.05, 0.1) is 5.71 Å². The minimum Gasteiger partial charge on any atom is -0.298 e. The number of hydrogen-bond donors (Lipinski definition) is 1. The first-order valence-corrected chi connectivity index (χ1v) is 4.07. The second-order valence-corrected chi connectivity index (χ2v) is 3.22. The van der Waals surface area contributed by atoms with Gasteiger partial charge in [0, 0.05) is 0 Å². The zero-order chi connectivity index (χ0) is 8.27. The van der Waals surface area contributed by atoms with Gasteiger partial charge < -0.3 is 0 Å². The van der Waals surface area contributed by atoms with Gasteiger partial charge in [0.2, 0.25) is 0 Å². The van der Waals surface area contributed by atoms with Crippen molar-refractivity contribution in [2.75, 3.05) is 0 Å². The Balaban J connectivity index is 2.85. The van der Waals surface area contributed by atoms with Gasteiger partial charge in [-0.3, -0.25) is 5.41 Å². The Morgan fingerprint density at radius 1 is 1.55 bits per heavy atom. The number of allylic oxidation sites excluding steroid dienone is 2. The monoisotopic (exact) mass is 167 g/mol. The van der Waals surface area contributed by atoms with E-state index in [1.165, 1.54) is 11.3 Å². The van der Waals surface area contributed by atoms with E-state index in [2.05, 4.69) is 10.2 Å². The first-order chi connectivity index (χ1) is 5.24. The Hall–Kier alpha value is -1.03. The maximum absolute atomic E-state index is 7.46. The molecule has 1 N–H and O–H groups in total. The molecule has 0 aromatic carbocycles. The lowest BCUT2D eigenvalue weighted by Crippen LogP contribution is -1.92. The maximum atomic E-state index is 7.46. The number of nitrogens with one attached hydrogen (secondary N) is 1. The van der Waals surface area contributed by atoms with Crippen molar-refractivity contribution in [2.45, 2.75) is 13.8 Å². The molecule has 4 heteroatoms. The van der Waals surface area contributed by atoms with Gasteiger partial charge >= 0.3 is 0 Å². The van der Waals surface area contributed by atoms with Crippen molar-refractivity contribution in [3.63, 3.8) is 0 Å². The number of aryl methyl sites for hydroxylation is 1. The van der Waals surface area contributed by atoms with Gasteiger partial charge in [-0.05, 0) is 19.9 Å². The fourth-order valence-corrected chi connectivity index (χ4v) is 1.26. The van der Waals surface area contributed by atoms with Crippen LogP contribution in [0.3, 0.4) is 0 Å². The molecule has 0 saturated heterocycles. The van der Waals surface area contributed by atoms with Gasteiger partial charge in [0.1, 0.15) is 5.01 Å². The van der Waals surface area contributed by atoms with E-state index in [0.29, 0.717) is 10.7 Å². The van der Waals surface area contributed by atoms with E-state index in [-0.39, 0.29) is 0 Å². The molecule has 0 unspecified atom stereocenters. The summed E-state index contributed by atoms with van der Waals surface area (Å²) in [5.41, 5.74) is 0.429. The lowest BCUT2D eigenvalue weighted by atomic mass is 10.3. The zero-order valence-corrected chi connectivity index (χ0v) is 7.27. The molecule has 0 aliphatic carbocycles. The van der Waals surface area contributed by atoms with E-state index in [0.717, 1.165) is 5.01 Å². The molecule has 3 nitrogen and oxygen atoms in total. The van der Waals surface area contributed by atoms with Gasteiger partial charge in [-0.15, -0.1) is 10.2 Å². The molecule has 0 amide bonds. The molecule has 0 spiro atoms. The van der Waals surface area contributed by atoms with Crippen LogP contribution in [0.25, 0.3) is 0 Å². The summed E-state index contributed by atoms with van der Waals surface area (Å²) in [6.45, 7) is 3.76. The van der Waals surface area contributed by atoms with Gasteiger partial charge in [0.15, 0.2) is 5.01 Å². The highest BCUT2D eigenvalue weighted by Gasteiger charge is 2.02. The third-order valence-electron chi connectivity index (χ3n) is 1.09. The van der Waals surface area contributed by atoms with Crippen molar-refractivity contribution >= 4 is 17.0 Å². The summed E-state index contributed by atoms with van der Waals surface area (Å²) < 4.78 is 0. The second kappa shape index (κ2) is 3.39. The topological polar surface area (TPSA) is 49.6 Å². The first-order valence-electron chi connectivity index (χ1n) is 3.25. The number of aromatic nitrogens is 2. The van der Waals surface area contributed by atoms with Crippen LogP contribution < -0.4 is 0 Å². The lowest BCUT2D eigenvalue weighted by Gasteiger charge is -1.85. The van der Waals surface area contributed by atoms with Crippen molar-refractivity contribution < 1.29 is 0 Å². The summed E-state index contributed by atoms with van der Waals surface area (Å²) in [5, 5.41) is 16.7. The number of hydrogen-bond acceptors (Lipinski definition) is 4. The normalized spacial score (nSPS) is 10.7. The maximum Gasteiger partial charge on any atom is 0.165 e. The molecule has 0 radical (unpaired) electrons. The largest absolute Gasteiger partial charge is 0.298 e. The Bertz CT molecular complexity index is 288. The molecule has 0 fully saturated rings. The molecular weight excluding hydrogens is 158 g/mol.